The van der Waals surface area contributed by atoms with Crippen LogP contribution in [0.5, 0.6) is 0 Å². The minimum atomic E-state index is -2.54. The van der Waals surface area contributed by atoms with E-state index in [1.165, 1.54) is 18.2 Å². The first-order valence-electron chi connectivity index (χ1n) is 4.18. The summed E-state index contributed by atoms with van der Waals surface area (Å²) in [7, 11) is 0. The lowest BCUT2D eigenvalue weighted by atomic mass is 10.1. The lowest BCUT2D eigenvalue weighted by molar-refractivity contribution is -0.135. The first-order valence-corrected chi connectivity index (χ1v) is 4.18. The smallest absolute Gasteiger partial charge is 0.315 e. The highest BCUT2D eigenvalue weighted by atomic mass is 19.3. The Kier molecular flexibility index (Phi) is 3.81. The maximum absolute atomic E-state index is 12.3. The van der Waals surface area contributed by atoms with Gasteiger partial charge in [-0.05, 0) is 12.1 Å². The van der Waals surface area contributed by atoms with Crippen molar-refractivity contribution >= 4 is 5.97 Å². The monoisotopic (exact) mass is 210 g/mol. The van der Waals surface area contributed by atoms with E-state index in [9.17, 15) is 13.6 Å². The van der Waals surface area contributed by atoms with Gasteiger partial charge in [0.2, 0.25) is 0 Å². The molecule has 1 rings (SSSR count). The molecule has 0 aliphatic heterocycles. The molecular weight excluding hydrogens is 202 g/mol. The van der Waals surface area contributed by atoms with Gasteiger partial charge in [0.05, 0.1) is 0 Å². The van der Waals surface area contributed by atoms with E-state index >= 15 is 0 Å². The van der Waals surface area contributed by atoms with Crippen molar-refractivity contribution in [3.05, 3.63) is 35.4 Å². The average Bonchev–Trinajstić information content (AvgIpc) is 2.17. The molecule has 0 fully saturated rings. The van der Waals surface area contributed by atoms with Crippen LogP contribution in [0.15, 0.2) is 24.3 Å². The number of hydrogen-bond acceptors (Lipinski definition) is 1. The molecule has 1 aromatic rings. The van der Waals surface area contributed by atoms with Crippen LogP contribution in [0, 0.1) is 11.8 Å². The molecule has 0 aliphatic rings. The topological polar surface area (TPSA) is 37.3 Å². The van der Waals surface area contributed by atoms with Crippen LogP contribution in [0.4, 0.5) is 8.78 Å². The minimum Gasteiger partial charge on any atom is -0.481 e. The average molecular weight is 210 g/mol. The Balaban J connectivity index is 2.80. The molecule has 0 saturated heterocycles. The highest BCUT2D eigenvalue weighted by Crippen LogP contribution is 2.18. The molecule has 0 radical (unpaired) electrons. The van der Waals surface area contributed by atoms with Gasteiger partial charge in [0.1, 0.15) is 6.42 Å². The van der Waals surface area contributed by atoms with Crippen LogP contribution in [-0.2, 0) is 4.79 Å². The van der Waals surface area contributed by atoms with Crippen molar-refractivity contribution in [1.29, 1.82) is 0 Å². The lowest BCUT2D eigenvalue weighted by Gasteiger charge is -1.98. The van der Waals surface area contributed by atoms with Crippen LogP contribution < -0.4 is 0 Å². The highest BCUT2D eigenvalue weighted by Gasteiger charge is 2.05. The second kappa shape index (κ2) is 5.11. The van der Waals surface area contributed by atoms with E-state index in [1.54, 1.807) is 6.07 Å². The molecule has 2 nitrogen and oxygen atoms in total. The molecule has 4 heteroatoms. The Labute approximate surface area is 85.5 Å². The fourth-order valence-corrected chi connectivity index (χ4v) is 0.974. The predicted octanol–water partition coefficient (Wildman–Crippen LogP) is 2.45. The van der Waals surface area contributed by atoms with Gasteiger partial charge in [0.15, 0.2) is 0 Å². The molecule has 1 N–H and O–H groups in total. The van der Waals surface area contributed by atoms with Crippen molar-refractivity contribution in [3.8, 4) is 11.8 Å². The van der Waals surface area contributed by atoms with Gasteiger partial charge in [0, 0.05) is 11.1 Å². The molecule has 0 amide bonds. The van der Waals surface area contributed by atoms with E-state index in [2.05, 4.69) is 11.8 Å². The van der Waals surface area contributed by atoms with Crippen LogP contribution in [0.1, 0.15) is 24.0 Å². The zero-order valence-corrected chi connectivity index (χ0v) is 7.71. The van der Waals surface area contributed by atoms with E-state index in [1.807, 2.05) is 0 Å². The molecule has 78 valence electrons. The third-order valence-electron chi connectivity index (χ3n) is 1.61. The zero-order valence-electron chi connectivity index (χ0n) is 7.71. The van der Waals surface area contributed by atoms with Crippen molar-refractivity contribution in [2.75, 3.05) is 0 Å². The summed E-state index contributed by atoms with van der Waals surface area (Å²) in [4.78, 5) is 10.1. The quantitative estimate of drug-likeness (QED) is 0.761. The zero-order chi connectivity index (χ0) is 11.3. The molecule has 0 bridgehead atoms. The largest absolute Gasteiger partial charge is 0.481 e. The van der Waals surface area contributed by atoms with Crippen LogP contribution in [0.2, 0.25) is 0 Å². The summed E-state index contributed by atoms with van der Waals surface area (Å²) in [5.74, 6) is 3.85. The van der Waals surface area contributed by atoms with Gasteiger partial charge in [-0.3, -0.25) is 4.79 Å². The van der Waals surface area contributed by atoms with E-state index < -0.39 is 12.4 Å². The number of halogens is 2. The number of hydrogen-bond donors (Lipinski definition) is 1. The SMILES string of the molecule is O=C(O)CC#Cc1cccc(C(F)F)c1. The number of alkyl halides is 2. The summed E-state index contributed by atoms with van der Waals surface area (Å²) >= 11 is 0. The molecule has 0 atom stereocenters. The summed E-state index contributed by atoms with van der Waals surface area (Å²) in [6.07, 6.45) is -2.83. The fourth-order valence-electron chi connectivity index (χ4n) is 0.974. The first-order chi connectivity index (χ1) is 7.09. The Morgan fingerprint density at radius 2 is 2.20 bits per heavy atom. The number of carboxylic acids is 1. The van der Waals surface area contributed by atoms with Gasteiger partial charge in [-0.1, -0.05) is 24.0 Å². The second-order valence-corrected chi connectivity index (χ2v) is 2.80. The first kappa shape index (κ1) is 11.2. The van der Waals surface area contributed by atoms with E-state index in [0.29, 0.717) is 5.56 Å². The number of rotatable bonds is 2. The van der Waals surface area contributed by atoms with Crippen molar-refractivity contribution < 1.29 is 18.7 Å². The third kappa shape index (κ3) is 3.77. The minimum absolute atomic E-state index is 0.114. The Hall–Kier alpha value is -1.89. The fraction of sp³-hybridized carbons (Fsp3) is 0.182. The molecule has 15 heavy (non-hydrogen) atoms. The maximum atomic E-state index is 12.3. The molecule has 0 spiro atoms. The normalized spacial score (nSPS) is 9.53. The third-order valence-corrected chi connectivity index (χ3v) is 1.61. The molecule has 0 saturated carbocycles. The van der Waals surface area contributed by atoms with E-state index in [0.717, 1.165) is 0 Å². The van der Waals surface area contributed by atoms with Gasteiger partial charge in [-0.15, -0.1) is 0 Å². The van der Waals surface area contributed by atoms with Crippen LogP contribution >= 0.6 is 0 Å². The molecule has 0 unspecified atom stereocenters. The summed E-state index contributed by atoms with van der Waals surface area (Å²) in [6, 6.07) is 5.57. The van der Waals surface area contributed by atoms with E-state index in [-0.39, 0.29) is 12.0 Å². The van der Waals surface area contributed by atoms with Gasteiger partial charge < -0.3 is 5.11 Å². The van der Waals surface area contributed by atoms with Gasteiger partial charge >= 0.3 is 5.97 Å². The van der Waals surface area contributed by atoms with Crippen molar-refractivity contribution in [2.24, 2.45) is 0 Å². The van der Waals surface area contributed by atoms with Crippen molar-refractivity contribution in [3.63, 3.8) is 0 Å². The van der Waals surface area contributed by atoms with Crippen LogP contribution in [0.3, 0.4) is 0 Å². The number of aliphatic carboxylic acids is 1. The number of carbonyl (C=O) groups is 1. The van der Waals surface area contributed by atoms with Gasteiger partial charge in [0.25, 0.3) is 6.43 Å². The summed E-state index contributed by atoms with van der Waals surface area (Å²) in [5.41, 5.74) is 0.283. The van der Waals surface area contributed by atoms with Crippen molar-refractivity contribution in [2.45, 2.75) is 12.8 Å². The number of carboxylic acid groups (broad SMARTS) is 1. The Bertz CT molecular complexity index is 416. The Morgan fingerprint density at radius 1 is 1.47 bits per heavy atom. The van der Waals surface area contributed by atoms with Gasteiger partial charge in [-0.25, -0.2) is 8.78 Å². The molecule has 1 aromatic carbocycles. The molecule has 0 heterocycles. The van der Waals surface area contributed by atoms with E-state index in [4.69, 9.17) is 5.11 Å². The van der Waals surface area contributed by atoms with Crippen LogP contribution in [0.25, 0.3) is 0 Å². The highest BCUT2D eigenvalue weighted by molar-refractivity contribution is 5.70. The summed E-state index contributed by atoms with van der Waals surface area (Å²) < 4.78 is 24.5. The summed E-state index contributed by atoms with van der Waals surface area (Å²) in [5, 5.41) is 8.31. The summed E-state index contributed by atoms with van der Waals surface area (Å²) in [6.45, 7) is 0. The Morgan fingerprint density at radius 3 is 2.80 bits per heavy atom. The molecular formula is C11H8F2O2. The predicted molar refractivity (Wildman–Crippen MR) is 50.5 cm³/mol. The maximum Gasteiger partial charge on any atom is 0.315 e. The lowest BCUT2D eigenvalue weighted by Crippen LogP contribution is -1.90. The number of benzene rings is 1. The van der Waals surface area contributed by atoms with Crippen molar-refractivity contribution in [1.82, 2.24) is 0 Å². The standard InChI is InChI=1S/C11H8F2O2/c12-11(13)9-5-1-3-8(7-9)4-2-6-10(14)15/h1,3,5,7,11H,6H2,(H,14,15). The molecule has 0 aromatic heterocycles. The molecule has 0 aliphatic carbocycles. The second-order valence-electron chi connectivity index (χ2n) is 2.80. The van der Waals surface area contributed by atoms with Crippen LogP contribution in [-0.4, -0.2) is 11.1 Å². The van der Waals surface area contributed by atoms with Gasteiger partial charge in [-0.2, -0.15) is 0 Å².